The number of fused-ring (bicyclic) bond motifs is 3. The summed E-state index contributed by atoms with van der Waals surface area (Å²) in [4.78, 5) is 7.95. The number of rotatable bonds is 4. The topological polar surface area (TPSA) is 39.9 Å². The van der Waals surface area contributed by atoms with E-state index < -0.39 is 23.4 Å². The molecule has 0 amide bonds. The third kappa shape index (κ3) is 4.60. The van der Waals surface area contributed by atoms with E-state index in [4.69, 9.17) is 4.74 Å². The van der Waals surface area contributed by atoms with E-state index in [9.17, 15) is 13.2 Å². The van der Waals surface area contributed by atoms with Crippen LogP contribution < -0.4 is 4.74 Å². The van der Waals surface area contributed by atoms with E-state index in [2.05, 4.69) is 22.1 Å². The van der Waals surface area contributed by atoms with Crippen LogP contribution in [0.1, 0.15) is 0 Å². The summed E-state index contributed by atoms with van der Waals surface area (Å²) in [6.07, 6.45) is 1.58. The van der Waals surface area contributed by atoms with Crippen molar-refractivity contribution < 1.29 is 43.4 Å². The minimum atomic E-state index is -0.760. The normalized spacial score (nSPS) is 11.0. The van der Waals surface area contributed by atoms with Crippen molar-refractivity contribution in [3.05, 3.63) is 115 Å². The van der Waals surface area contributed by atoms with Crippen LogP contribution in [0.15, 0.2) is 79.0 Å². The first kappa shape index (κ1) is 24.7. The largest absolute Gasteiger partial charge is 2.00 e. The summed E-state index contributed by atoms with van der Waals surface area (Å²) in [7, 11) is 0. The van der Waals surface area contributed by atoms with Gasteiger partial charge in [-0.1, -0.05) is 18.2 Å². The molecule has 3 heterocycles. The van der Waals surface area contributed by atoms with Crippen LogP contribution >= 0.6 is 0 Å². The molecule has 37 heavy (non-hydrogen) atoms. The molecule has 0 aliphatic carbocycles. The van der Waals surface area contributed by atoms with Gasteiger partial charge in [0.1, 0.15) is 11.6 Å². The van der Waals surface area contributed by atoms with E-state index in [1.807, 2.05) is 0 Å². The van der Waals surface area contributed by atoms with Gasteiger partial charge in [-0.2, -0.15) is 27.6 Å². The summed E-state index contributed by atoms with van der Waals surface area (Å²) < 4.78 is 64.7. The van der Waals surface area contributed by atoms with Gasteiger partial charge in [0, 0.05) is 35.2 Å². The van der Waals surface area contributed by atoms with Gasteiger partial charge in [-0.15, -0.1) is 6.07 Å². The van der Waals surface area contributed by atoms with Crippen LogP contribution in [0.3, 0.4) is 0 Å². The Morgan fingerprint density at radius 3 is 2.41 bits per heavy atom. The van der Waals surface area contributed by atoms with Crippen LogP contribution in [0.25, 0.3) is 38.8 Å². The Labute approximate surface area is 222 Å². The zero-order chi connectivity index (χ0) is 24.8. The van der Waals surface area contributed by atoms with Crippen LogP contribution in [0.4, 0.5) is 17.6 Å². The summed E-state index contributed by atoms with van der Waals surface area (Å²) in [5.74, 6) is -2.32. The Morgan fingerprint density at radius 1 is 0.784 bits per heavy atom. The van der Waals surface area contributed by atoms with E-state index in [1.54, 1.807) is 35.0 Å². The van der Waals surface area contributed by atoms with Gasteiger partial charge < -0.3 is 9.30 Å². The van der Waals surface area contributed by atoms with Gasteiger partial charge in [-0.3, -0.25) is 0 Å². The molecule has 0 bridgehead atoms. The van der Waals surface area contributed by atoms with E-state index in [-0.39, 0.29) is 54.7 Å². The Hall–Kier alpha value is -4.03. The molecule has 3 aromatic heterocycles. The van der Waals surface area contributed by atoms with Crippen molar-refractivity contribution in [3.63, 3.8) is 0 Å². The first-order chi connectivity index (χ1) is 17.5. The van der Waals surface area contributed by atoms with Crippen molar-refractivity contribution in [2.75, 3.05) is 0 Å². The maximum absolute atomic E-state index is 15.5. The van der Waals surface area contributed by atoms with Crippen molar-refractivity contribution in [2.24, 2.45) is 0 Å². The van der Waals surface area contributed by atoms with Gasteiger partial charge in [0.2, 0.25) is 11.8 Å². The summed E-state index contributed by atoms with van der Waals surface area (Å²) in [6.45, 7) is 0. The Balaban J connectivity index is 0.00000280. The number of hydrogen-bond donors (Lipinski definition) is 0. The average Bonchev–Trinajstić information content (AvgIpc) is 3.18. The van der Waals surface area contributed by atoms with Gasteiger partial charge in [0.15, 0.2) is 0 Å². The Morgan fingerprint density at radius 2 is 1.62 bits per heavy atom. The standard InChI is InChI=1S/C28H13F4N3O.Pt/c29-18-7-8-23-21(15-18)28-22(31)12-17(13-24(28)35(23)26-5-1-2-9-33-26)16-10-19(30)14-20(11-16)36-27-6-3-4-25(32)34-27;/h1-10,12,14-15H;/q-2;+2. The van der Waals surface area contributed by atoms with Crippen LogP contribution in [-0.2, 0) is 21.1 Å². The SMILES string of the molecule is Fc1cc(Oc2cccc(F)n2)[c-]c(-c2[c-]c3c(c(F)c2)c2cc(F)ccc2n3-c2ccccn2)c1.[Pt+2]. The molecule has 0 aliphatic rings. The second kappa shape index (κ2) is 9.79. The van der Waals surface area contributed by atoms with Crippen LogP contribution in [-0.4, -0.2) is 14.5 Å². The Bertz CT molecular complexity index is 1770. The summed E-state index contributed by atoms with van der Waals surface area (Å²) in [5, 5.41) is 0.496. The molecule has 0 saturated heterocycles. The molecule has 6 rings (SSSR count). The molecular weight excluding hydrogens is 665 g/mol. The first-order valence-electron chi connectivity index (χ1n) is 10.8. The maximum atomic E-state index is 15.5. The fourth-order valence-electron chi connectivity index (χ4n) is 4.12. The molecule has 0 saturated carbocycles. The van der Waals surface area contributed by atoms with Crippen molar-refractivity contribution >= 4 is 21.8 Å². The minimum absolute atomic E-state index is 0. The molecule has 0 radical (unpaired) electrons. The van der Waals surface area contributed by atoms with Gasteiger partial charge in [-0.25, -0.2) is 29.3 Å². The smallest absolute Gasteiger partial charge is 0.460 e. The molecule has 6 aromatic rings. The van der Waals surface area contributed by atoms with E-state index in [1.165, 1.54) is 30.3 Å². The maximum Gasteiger partial charge on any atom is 2.00 e. The number of benzene rings is 3. The second-order valence-electron chi connectivity index (χ2n) is 7.92. The van der Waals surface area contributed by atoms with Gasteiger partial charge in [0.05, 0.1) is 0 Å². The summed E-state index contributed by atoms with van der Waals surface area (Å²) in [6, 6.07) is 22.6. The number of aromatic nitrogens is 3. The molecule has 4 nitrogen and oxygen atoms in total. The van der Waals surface area contributed by atoms with Crippen molar-refractivity contribution in [1.82, 2.24) is 14.5 Å². The molecular formula is C28H13F4N3OPt. The molecule has 0 fully saturated rings. The van der Waals surface area contributed by atoms with E-state index >= 15 is 4.39 Å². The van der Waals surface area contributed by atoms with Gasteiger partial charge >= 0.3 is 21.1 Å². The van der Waals surface area contributed by atoms with Crippen molar-refractivity contribution in [2.45, 2.75) is 0 Å². The summed E-state index contributed by atoms with van der Waals surface area (Å²) >= 11 is 0. The number of pyridine rings is 2. The zero-order valence-corrected chi connectivity index (χ0v) is 20.9. The average molecular weight is 679 g/mol. The van der Waals surface area contributed by atoms with Crippen LogP contribution in [0, 0.1) is 35.5 Å². The van der Waals surface area contributed by atoms with Crippen LogP contribution in [0.2, 0.25) is 0 Å². The van der Waals surface area contributed by atoms with Crippen LogP contribution in [0.5, 0.6) is 11.6 Å². The Kier molecular flexibility index (Phi) is 6.52. The predicted molar refractivity (Wildman–Crippen MR) is 126 cm³/mol. The number of halogens is 4. The number of ether oxygens (including phenoxy) is 1. The minimum Gasteiger partial charge on any atom is -0.460 e. The van der Waals surface area contributed by atoms with Gasteiger partial charge in [-0.05, 0) is 52.7 Å². The third-order valence-corrected chi connectivity index (χ3v) is 5.57. The molecule has 184 valence electrons. The quantitative estimate of drug-likeness (QED) is 0.113. The molecule has 0 atom stereocenters. The molecule has 3 aromatic carbocycles. The summed E-state index contributed by atoms with van der Waals surface area (Å²) in [5.41, 5.74) is 1.14. The fourth-order valence-corrected chi connectivity index (χ4v) is 4.12. The third-order valence-electron chi connectivity index (χ3n) is 5.57. The van der Waals surface area contributed by atoms with Crippen molar-refractivity contribution in [3.8, 4) is 28.6 Å². The molecule has 0 spiro atoms. The fraction of sp³-hybridized carbons (Fsp3) is 0. The second-order valence-corrected chi connectivity index (χ2v) is 7.92. The number of hydrogen-bond acceptors (Lipinski definition) is 3. The zero-order valence-electron chi connectivity index (χ0n) is 18.6. The molecule has 0 unspecified atom stereocenters. The number of nitrogens with zero attached hydrogens (tertiary/aromatic N) is 3. The molecule has 0 N–H and O–H groups in total. The van der Waals surface area contributed by atoms with E-state index in [0.717, 1.165) is 18.2 Å². The predicted octanol–water partition coefficient (Wildman–Crippen LogP) is 7.19. The molecule has 0 aliphatic heterocycles. The van der Waals surface area contributed by atoms with Gasteiger partial charge in [0.25, 0.3) is 0 Å². The first-order valence-corrected chi connectivity index (χ1v) is 10.8. The molecule has 9 heteroatoms. The van der Waals surface area contributed by atoms with Crippen molar-refractivity contribution in [1.29, 1.82) is 0 Å². The van der Waals surface area contributed by atoms with E-state index in [0.29, 0.717) is 16.7 Å². The monoisotopic (exact) mass is 678 g/mol.